The van der Waals surface area contributed by atoms with Crippen LogP contribution in [0.3, 0.4) is 0 Å². The Bertz CT molecular complexity index is 514. The summed E-state index contributed by atoms with van der Waals surface area (Å²) in [6.45, 7) is 0. The molecule has 0 bridgehead atoms. The summed E-state index contributed by atoms with van der Waals surface area (Å²) in [7, 11) is 1.61. The summed E-state index contributed by atoms with van der Waals surface area (Å²) in [4.78, 5) is 3.43. The molecule has 0 fully saturated rings. The third kappa shape index (κ3) is 1.49. The number of nitrogen functional groups attached to an aromatic ring is 1. The van der Waals surface area contributed by atoms with Gasteiger partial charge in [0.05, 0.1) is 17.4 Å². The highest BCUT2D eigenvalue weighted by molar-refractivity contribution is 5.78. The van der Waals surface area contributed by atoms with Crippen LogP contribution in [0.5, 0.6) is 0 Å². The topological polar surface area (TPSA) is 56.7 Å². The van der Waals surface area contributed by atoms with Crippen LogP contribution in [-0.2, 0) is 13.2 Å². The maximum Gasteiger partial charge on any atom is 0.435 e. The molecule has 0 saturated carbocycles. The maximum atomic E-state index is 12.4. The van der Waals surface area contributed by atoms with Crippen molar-refractivity contribution < 1.29 is 13.2 Å². The van der Waals surface area contributed by atoms with Gasteiger partial charge in [-0.3, -0.25) is 4.68 Å². The van der Waals surface area contributed by atoms with E-state index in [2.05, 4.69) is 10.1 Å². The summed E-state index contributed by atoms with van der Waals surface area (Å²) in [6, 6.07) is 1.22. The van der Waals surface area contributed by atoms with Gasteiger partial charge in [0.2, 0.25) is 0 Å². The van der Waals surface area contributed by atoms with Crippen molar-refractivity contribution in [3.63, 3.8) is 0 Å². The number of fused-ring (bicyclic) bond motifs is 1. The van der Waals surface area contributed by atoms with Crippen molar-refractivity contribution in [2.75, 3.05) is 5.73 Å². The fourth-order valence-corrected chi connectivity index (χ4v) is 1.32. The fourth-order valence-electron chi connectivity index (χ4n) is 1.32. The number of aryl methyl sites for hydroxylation is 1. The van der Waals surface area contributed by atoms with Gasteiger partial charge in [-0.05, 0) is 6.07 Å². The van der Waals surface area contributed by atoms with Gasteiger partial charge in [0.15, 0.2) is 5.69 Å². The number of anilines is 1. The highest BCUT2D eigenvalue weighted by Crippen LogP contribution is 2.33. The SMILES string of the molecule is Cn1ncc2nc(C(F)(F)F)c(N)cc21. The minimum atomic E-state index is -4.53. The third-order valence-electron chi connectivity index (χ3n) is 2.03. The number of alkyl halides is 3. The molecule has 0 unspecified atom stereocenters. The normalized spacial score (nSPS) is 12.3. The Labute approximate surface area is 82.5 Å². The Kier molecular flexibility index (Phi) is 1.85. The average Bonchev–Trinajstić information content (AvgIpc) is 2.45. The molecule has 0 aliphatic carbocycles. The molecule has 0 aliphatic rings. The molecule has 80 valence electrons. The van der Waals surface area contributed by atoms with Crippen molar-refractivity contribution in [2.24, 2.45) is 7.05 Å². The van der Waals surface area contributed by atoms with E-state index in [1.807, 2.05) is 0 Å². The molecule has 0 amide bonds. The number of aromatic nitrogens is 3. The summed E-state index contributed by atoms with van der Waals surface area (Å²) in [5.74, 6) is 0. The van der Waals surface area contributed by atoms with Gasteiger partial charge in [-0.15, -0.1) is 0 Å². The summed E-state index contributed by atoms with van der Waals surface area (Å²) in [5.41, 5.74) is 4.47. The van der Waals surface area contributed by atoms with Gasteiger partial charge in [-0.25, -0.2) is 4.98 Å². The van der Waals surface area contributed by atoms with Crippen molar-refractivity contribution in [3.8, 4) is 0 Å². The van der Waals surface area contributed by atoms with Crippen molar-refractivity contribution in [2.45, 2.75) is 6.18 Å². The standard InChI is InChI=1S/C8H7F3N4/c1-15-6-2-4(12)7(8(9,10)11)14-5(6)3-13-15/h2-3H,12H2,1H3. The summed E-state index contributed by atoms with van der Waals surface area (Å²) in [5, 5.41) is 3.79. The molecule has 0 aromatic carbocycles. The van der Waals surface area contributed by atoms with Gasteiger partial charge >= 0.3 is 6.18 Å². The number of hydrogen-bond donors (Lipinski definition) is 1. The average molecular weight is 216 g/mol. The van der Waals surface area contributed by atoms with Crippen molar-refractivity contribution in [1.29, 1.82) is 0 Å². The first kappa shape index (κ1) is 9.75. The van der Waals surface area contributed by atoms with Gasteiger partial charge in [-0.2, -0.15) is 18.3 Å². The van der Waals surface area contributed by atoms with Crippen LogP contribution in [0.25, 0.3) is 11.0 Å². The van der Waals surface area contributed by atoms with E-state index in [-0.39, 0.29) is 5.52 Å². The molecule has 0 saturated heterocycles. The van der Waals surface area contributed by atoms with Crippen LogP contribution in [0.1, 0.15) is 5.69 Å². The van der Waals surface area contributed by atoms with Crippen molar-refractivity contribution in [3.05, 3.63) is 18.0 Å². The molecule has 0 aliphatic heterocycles. The Morgan fingerprint density at radius 1 is 1.40 bits per heavy atom. The predicted octanol–water partition coefficient (Wildman–Crippen LogP) is 1.57. The molecule has 2 rings (SSSR count). The number of rotatable bonds is 0. The quantitative estimate of drug-likeness (QED) is 0.727. The highest BCUT2D eigenvalue weighted by Gasteiger charge is 2.35. The molecule has 0 spiro atoms. The largest absolute Gasteiger partial charge is 0.435 e. The lowest BCUT2D eigenvalue weighted by Crippen LogP contribution is -2.11. The van der Waals surface area contributed by atoms with E-state index in [0.29, 0.717) is 5.52 Å². The van der Waals surface area contributed by atoms with E-state index >= 15 is 0 Å². The zero-order valence-corrected chi connectivity index (χ0v) is 7.71. The van der Waals surface area contributed by atoms with Crippen LogP contribution < -0.4 is 5.73 Å². The maximum absolute atomic E-state index is 12.4. The van der Waals surface area contributed by atoms with E-state index in [0.717, 1.165) is 0 Å². The van der Waals surface area contributed by atoms with Crippen LogP contribution in [0.15, 0.2) is 12.3 Å². The first-order valence-electron chi connectivity index (χ1n) is 4.05. The second kappa shape index (κ2) is 2.85. The number of nitrogens with zero attached hydrogens (tertiary/aromatic N) is 3. The van der Waals surface area contributed by atoms with Crippen molar-refractivity contribution >= 4 is 16.7 Å². The molecule has 7 heteroatoms. The molecular formula is C8H7F3N4. The van der Waals surface area contributed by atoms with Crippen LogP contribution in [0, 0.1) is 0 Å². The van der Waals surface area contributed by atoms with E-state index in [1.54, 1.807) is 7.05 Å². The Morgan fingerprint density at radius 3 is 2.67 bits per heavy atom. The summed E-state index contributed by atoms with van der Waals surface area (Å²) in [6.07, 6.45) is -3.27. The lowest BCUT2D eigenvalue weighted by atomic mass is 10.2. The fraction of sp³-hybridized carbons (Fsp3) is 0.250. The molecular weight excluding hydrogens is 209 g/mol. The van der Waals surface area contributed by atoms with Crippen molar-refractivity contribution in [1.82, 2.24) is 14.8 Å². The molecule has 4 nitrogen and oxygen atoms in total. The van der Waals surface area contributed by atoms with Gasteiger partial charge in [0.1, 0.15) is 5.52 Å². The molecule has 15 heavy (non-hydrogen) atoms. The molecule has 0 atom stereocenters. The van der Waals surface area contributed by atoms with Crippen LogP contribution in [-0.4, -0.2) is 14.8 Å². The lowest BCUT2D eigenvalue weighted by molar-refractivity contribution is -0.140. The van der Waals surface area contributed by atoms with Crippen LogP contribution in [0.2, 0.25) is 0 Å². The highest BCUT2D eigenvalue weighted by atomic mass is 19.4. The van der Waals surface area contributed by atoms with Crippen LogP contribution in [0.4, 0.5) is 18.9 Å². The lowest BCUT2D eigenvalue weighted by Gasteiger charge is -2.08. The molecule has 2 aromatic rings. The summed E-state index contributed by atoms with van der Waals surface area (Å²) >= 11 is 0. The monoisotopic (exact) mass is 216 g/mol. The van der Waals surface area contributed by atoms with Gasteiger partial charge in [-0.1, -0.05) is 0 Å². The number of hydrogen-bond acceptors (Lipinski definition) is 3. The molecule has 0 radical (unpaired) electrons. The van der Waals surface area contributed by atoms with E-state index in [9.17, 15) is 13.2 Å². The third-order valence-corrected chi connectivity index (χ3v) is 2.03. The van der Waals surface area contributed by atoms with Gasteiger partial charge in [0, 0.05) is 7.05 Å². The second-order valence-electron chi connectivity index (χ2n) is 3.10. The van der Waals surface area contributed by atoms with Gasteiger partial charge < -0.3 is 5.73 Å². The first-order chi connectivity index (χ1) is 6.89. The molecule has 2 aromatic heterocycles. The zero-order chi connectivity index (χ0) is 11.2. The smallest absolute Gasteiger partial charge is 0.397 e. The van der Waals surface area contributed by atoms with Gasteiger partial charge in [0.25, 0.3) is 0 Å². The number of pyridine rings is 1. The minimum absolute atomic E-state index is 0.180. The zero-order valence-electron chi connectivity index (χ0n) is 7.71. The van der Waals surface area contributed by atoms with E-state index < -0.39 is 17.6 Å². The minimum Gasteiger partial charge on any atom is -0.397 e. The molecule has 2 heterocycles. The Balaban J connectivity index is 2.74. The Hall–Kier alpha value is -1.79. The number of halogens is 3. The summed E-state index contributed by atoms with van der Waals surface area (Å²) < 4.78 is 38.7. The van der Waals surface area contributed by atoms with Crippen LogP contribution >= 0.6 is 0 Å². The second-order valence-corrected chi connectivity index (χ2v) is 3.10. The Morgan fingerprint density at radius 2 is 2.07 bits per heavy atom. The van der Waals surface area contributed by atoms with E-state index in [1.165, 1.54) is 16.9 Å². The first-order valence-corrected chi connectivity index (χ1v) is 4.05. The molecule has 2 N–H and O–H groups in total. The predicted molar refractivity (Wildman–Crippen MR) is 47.9 cm³/mol. The number of nitrogens with two attached hydrogens (primary N) is 1. The van der Waals surface area contributed by atoms with E-state index in [4.69, 9.17) is 5.73 Å².